The minimum atomic E-state index is -1.03. The molecule has 1 amide bonds. The maximum atomic E-state index is 14.1. The van der Waals surface area contributed by atoms with E-state index in [1.54, 1.807) is 6.07 Å². The number of carboxylic acid groups (broad SMARTS) is 1. The fourth-order valence-corrected chi connectivity index (χ4v) is 2.65. The highest BCUT2D eigenvalue weighted by Gasteiger charge is 2.37. The molecule has 2 rings (SSSR count). The van der Waals surface area contributed by atoms with Crippen molar-refractivity contribution >= 4 is 23.5 Å². The molecule has 1 aromatic heterocycles. The van der Waals surface area contributed by atoms with Crippen molar-refractivity contribution in [2.45, 2.75) is 45.2 Å². The zero-order valence-electron chi connectivity index (χ0n) is 13.8. The highest BCUT2D eigenvalue weighted by atomic mass is 35.5. The molecule has 1 unspecified atom stereocenters. The predicted molar refractivity (Wildman–Crippen MR) is 88.5 cm³/mol. The molecule has 1 fully saturated rings. The van der Waals surface area contributed by atoms with E-state index >= 15 is 0 Å². The Kier molecular flexibility index (Phi) is 5.19. The fourth-order valence-electron chi connectivity index (χ4n) is 2.47. The minimum Gasteiger partial charge on any atom is -0.465 e. The Labute approximate surface area is 145 Å². The molecule has 0 spiro atoms. The van der Waals surface area contributed by atoms with Gasteiger partial charge in [-0.1, -0.05) is 11.6 Å². The lowest BCUT2D eigenvalue weighted by molar-refractivity contribution is 0.0959. The number of amides is 1. The van der Waals surface area contributed by atoms with E-state index in [4.69, 9.17) is 16.9 Å². The molecule has 130 valence electrons. The second-order valence-corrected chi connectivity index (χ2v) is 7.28. The standard InChI is InChI=1S/C16H20ClFN4O2/c1-16(2,3)22(15(23)24)8-12(9-4-5-9)20-14-11(18)6-10(7-19)13(17)21-14/h6,9,12H,4-5,8H2,1-3H3,(H,20,21)(H,23,24). The smallest absolute Gasteiger partial charge is 0.407 e. The normalized spacial score (nSPS) is 15.5. The highest BCUT2D eigenvalue weighted by molar-refractivity contribution is 6.30. The van der Waals surface area contributed by atoms with Crippen molar-refractivity contribution in [3.63, 3.8) is 0 Å². The van der Waals surface area contributed by atoms with Gasteiger partial charge >= 0.3 is 6.09 Å². The average molecular weight is 355 g/mol. The highest BCUT2D eigenvalue weighted by Crippen LogP contribution is 2.36. The van der Waals surface area contributed by atoms with E-state index in [2.05, 4.69) is 10.3 Å². The van der Waals surface area contributed by atoms with Gasteiger partial charge in [0.05, 0.1) is 5.56 Å². The Morgan fingerprint density at radius 2 is 2.25 bits per heavy atom. The van der Waals surface area contributed by atoms with Crippen molar-refractivity contribution in [2.24, 2.45) is 5.92 Å². The van der Waals surface area contributed by atoms with Gasteiger partial charge in [0.2, 0.25) is 0 Å². The summed E-state index contributed by atoms with van der Waals surface area (Å²) in [7, 11) is 0. The maximum Gasteiger partial charge on any atom is 0.407 e. The van der Waals surface area contributed by atoms with Crippen molar-refractivity contribution < 1.29 is 14.3 Å². The molecule has 0 aliphatic heterocycles. The molecular weight excluding hydrogens is 335 g/mol. The maximum absolute atomic E-state index is 14.1. The van der Waals surface area contributed by atoms with Gasteiger partial charge < -0.3 is 15.3 Å². The first kappa shape index (κ1) is 18.3. The Morgan fingerprint density at radius 3 is 2.71 bits per heavy atom. The van der Waals surface area contributed by atoms with E-state index in [0.29, 0.717) is 0 Å². The topological polar surface area (TPSA) is 89.3 Å². The molecule has 2 N–H and O–H groups in total. The first-order chi connectivity index (χ1) is 11.1. The summed E-state index contributed by atoms with van der Waals surface area (Å²) in [4.78, 5) is 16.8. The Hall–Kier alpha value is -2.07. The first-order valence-corrected chi connectivity index (χ1v) is 8.04. The van der Waals surface area contributed by atoms with Crippen LogP contribution in [0, 0.1) is 23.1 Å². The molecule has 1 aliphatic rings. The van der Waals surface area contributed by atoms with E-state index in [1.807, 2.05) is 20.8 Å². The van der Waals surface area contributed by atoms with Crippen molar-refractivity contribution in [1.82, 2.24) is 9.88 Å². The van der Waals surface area contributed by atoms with E-state index in [1.165, 1.54) is 4.90 Å². The van der Waals surface area contributed by atoms with Crippen LogP contribution in [0.3, 0.4) is 0 Å². The second-order valence-electron chi connectivity index (χ2n) is 6.92. The zero-order valence-corrected chi connectivity index (χ0v) is 14.6. The number of rotatable bonds is 5. The molecule has 1 heterocycles. The van der Waals surface area contributed by atoms with Crippen molar-refractivity contribution in [2.75, 3.05) is 11.9 Å². The molecule has 1 aliphatic carbocycles. The monoisotopic (exact) mass is 354 g/mol. The molecular formula is C16H20ClFN4O2. The summed E-state index contributed by atoms with van der Waals surface area (Å²) in [6.45, 7) is 5.63. The van der Waals surface area contributed by atoms with Crippen LogP contribution in [0.1, 0.15) is 39.2 Å². The first-order valence-electron chi connectivity index (χ1n) is 7.66. The van der Waals surface area contributed by atoms with Crippen molar-refractivity contribution in [3.05, 3.63) is 22.6 Å². The number of nitrogens with one attached hydrogen (secondary N) is 1. The third-order valence-electron chi connectivity index (χ3n) is 3.98. The summed E-state index contributed by atoms with van der Waals surface area (Å²) < 4.78 is 14.1. The lowest BCUT2D eigenvalue weighted by atomic mass is 10.0. The van der Waals surface area contributed by atoms with Crippen LogP contribution in [-0.4, -0.2) is 39.2 Å². The van der Waals surface area contributed by atoms with E-state index in [9.17, 15) is 14.3 Å². The predicted octanol–water partition coefficient (Wildman–Crippen LogP) is 3.71. The number of aromatic nitrogens is 1. The third-order valence-corrected chi connectivity index (χ3v) is 4.27. The molecule has 1 atom stereocenters. The van der Waals surface area contributed by atoms with Crippen LogP contribution in [0.15, 0.2) is 6.07 Å². The van der Waals surface area contributed by atoms with Gasteiger partial charge in [-0.25, -0.2) is 14.2 Å². The van der Waals surface area contributed by atoms with Gasteiger partial charge in [0.1, 0.15) is 11.2 Å². The van der Waals surface area contributed by atoms with Crippen LogP contribution < -0.4 is 5.32 Å². The molecule has 0 aromatic carbocycles. The van der Waals surface area contributed by atoms with E-state index in [0.717, 1.165) is 18.9 Å². The fraction of sp³-hybridized carbons (Fsp3) is 0.562. The zero-order chi connectivity index (χ0) is 18.1. The number of nitriles is 1. The number of pyridine rings is 1. The van der Waals surface area contributed by atoms with Crippen LogP contribution in [-0.2, 0) is 0 Å². The number of hydrogen-bond acceptors (Lipinski definition) is 4. The number of nitrogens with zero attached hydrogens (tertiary/aromatic N) is 3. The lowest BCUT2D eigenvalue weighted by Crippen LogP contribution is -2.50. The van der Waals surface area contributed by atoms with Crippen LogP contribution in [0.2, 0.25) is 5.15 Å². The number of carbonyl (C=O) groups is 1. The van der Waals surface area contributed by atoms with Gasteiger partial charge in [-0.3, -0.25) is 0 Å². The average Bonchev–Trinajstić information content (AvgIpc) is 3.29. The van der Waals surface area contributed by atoms with Crippen LogP contribution in [0.4, 0.5) is 15.0 Å². The SMILES string of the molecule is CC(C)(C)N(CC(Nc1nc(Cl)c(C#N)cc1F)C1CC1)C(=O)O. The van der Waals surface area contributed by atoms with Gasteiger partial charge in [0.25, 0.3) is 0 Å². The van der Waals surface area contributed by atoms with Gasteiger partial charge in [-0.2, -0.15) is 5.26 Å². The summed E-state index contributed by atoms with van der Waals surface area (Å²) in [5.41, 5.74) is -0.612. The van der Waals surface area contributed by atoms with Gasteiger partial charge in [-0.15, -0.1) is 0 Å². The lowest BCUT2D eigenvalue weighted by Gasteiger charge is -2.36. The van der Waals surface area contributed by atoms with Gasteiger partial charge in [0.15, 0.2) is 11.6 Å². The van der Waals surface area contributed by atoms with Crippen molar-refractivity contribution in [1.29, 1.82) is 5.26 Å². The Bertz CT molecular complexity index is 680. The molecule has 6 nitrogen and oxygen atoms in total. The molecule has 8 heteroatoms. The number of hydrogen-bond donors (Lipinski definition) is 2. The third kappa shape index (κ3) is 4.26. The van der Waals surface area contributed by atoms with Gasteiger partial charge in [-0.05, 0) is 45.6 Å². The second kappa shape index (κ2) is 6.81. The molecule has 0 saturated heterocycles. The number of halogens is 2. The summed E-state index contributed by atoms with van der Waals surface area (Å²) in [5, 5.41) is 21.2. The van der Waals surface area contributed by atoms with Crippen molar-refractivity contribution in [3.8, 4) is 6.07 Å². The molecule has 0 bridgehead atoms. The summed E-state index contributed by atoms with van der Waals surface area (Å²) in [6.07, 6.45) is 0.864. The molecule has 0 radical (unpaired) electrons. The molecule has 1 aromatic rings. The molecule has 24 heavy (non-hydrogen) atoms. The van der Waals surface area contributed by atoms with E-state index < -0.39 is 17.4 Å². The minimum absolute atomic E-state index is 0.0375. The summed E-state index contributed by atoms with van der Waals surface area (Å²) in [6, 6.07) is 2.53. The Balaban J connectivity index is 2.23. The number of anilines is 1. The van der Waals surface area contributed by atoms with Crippen LogP contribution in [0.25, 0.3) is 0 Å². The summed E-state index contributed by atoms with van der Waals surface area (Å²) >= 11 is 5.86. The summed E-state index contributed by atoms with van der Waals surface area (Å²) in [5.74, 6) is -0.487. The molecule has 1 saturated carbocycles. The van der Waals surface area contributed by atoms with Crippen LogP contribution in [0.5, 0.6) is 0 Å². The Morgan fingerprint density at radius 1 is 1.62 bits per heavy atom. The largest absolute Gasteiger partial charge is 0.465 e. The van der Waals surface area contributed by atoms with E-state index in [-0.39, 0.29) is 35.0 Å². The quantitative estimate of drug-likeness (QED) is 0.787. The van der Waals surface area contributed by atoms with Crippen LogP contribution >= 0.6 is 11.6 Å². The van der Waals surface area contributed by atoms with Gasteiger partial charge in [0, 0.05) is 18.1 Å².